The highest BCUT2D eigenvalue weighted by Gasteiger charge is 2.29. The summed E-state index contributed by atoms with van der Waals surface area (Å²) in [6.45, 7) is 4.72. The fourth-order valence-electron chi connectivity index (χ4n) is 3.35. The van der Waals surface area contributed by atoms with Crippen LogP contribution < -0.4 is 15.4 Å². The van der Waals surface area contributed by atoms with Crippen LogP contribution in [0.5, 0.6) is 5.75 Å². The molecule has 0 fully saturated rings. The van der Waals surface area contributed by atoms with E-state index in [4.69, 9.17) is 4.74 Å². The number of hydrogen-bond donors (Lipinski definition) is 3. The minimum atomic E-state index is -0.583. The zero-order valence-electron chi connectivity index (χ0n) is 16.9. The number of hydrogen-bond acceptors (Lipinski definition) is 5. The van der Waals surface area contributed by atoms with Crippen LogP contribution in [0.3, 0.4) is 0 Å². The van der Waals surface area contributed by atoms with Crippen LogP contribution in [0.15, 0.2) is 48.5 Å². The minimum Gasteiger partial charge on any atom is -0.491 e. The van der Waals surface area contributed by atoms with Gasteiger partial charge in [0.15, 0.2) is 5.78 Å². The summed E-state index contributed by atoms with van der Waals surface area (Å²) in [5.41, 5.74) is 2.44. The summed E-state index contributed by atoms with van der Waals surface area (Å²) >= 11 is 0. The summed E-state index contributed by atoms with van der Waals surface area (Å²) in [6, 6.07) is 14.7. The normalized spacial score (nSPS) is 16.6. The van der Waals surface area contributed by atoms with E-state index in [1.54, 1.807) is 18.2 Å². The third-order valence-corrected chi connectivity index (χ3v) is 4.85. The molecule has 0 saturated carbocycles. The van der Waals surface area contributed by atoms with E-state index in [1.807, 2.05) is 44.2 Å². The number of carbonyl (C=O) groups excluding carboxylic acids is 2. The number of amides is 1. The molecule has 0 bridgehead atoms. The monoisotopic (exact) mass is 396 g/mol. The largest absolute Gasteiger partial charge is 0.491 e. The number of carbonyl (C=O) groups is 2. The van der Waals surface area contributed by atoms with Crippen molar-refractivity contribution < 1.29 is 19.4 Å². The summed E-state index contributed by atoms with van der Waals surface area (Å²) in [5.74, 6) is 0.592. The van der Waals surface area contributed by atoms with Crippen LogP contribution >= 0.6 is 0 Å². The molecule has 3 N–H and O–H groups in total. The van der Waals surface area contributed by atoms with Gasteiger partial charge in [0.2, 0.25) is 5.91 Å². The second kappa shape index (κ2) is 9.67. The summed E-state index contributed by atoms with van der Waals surface area (Å²) in [4.78, 5) is 24.5. The van der Waals surface area contributed by atoms with E-state index in [0.29, 0.717) is 30.3 Å². The van der Waals surface area contributed by atoms with Crippen LogP contribution in [0.1, 0.15) is 47.8 Å². The van der Waals surface area contributed by atoms with Crippen molar-refractivity contribution in [3.05, 3.63) is 65.2 Å². The maximum absolute atomic E-state index is 12.4. The summed E-state index contributed by atoms with van der Waals surface area (Å²) in [5, 5.41) is 16.0. The van der Waals surface area contributed by atoms with Gasteiger partial charge in [0.25, 0.3) is 0 Å². The average Bonchev–Trinajstić information content (AvgIpc) is 3.01. The van der Waals surface area contributed by atoms with E-state index in [2.05, 4.69) is 10.6 Å². The molecule has 0 radical (unpaired) electrons. The van der Waals surface area contributed by atoms with Gasteiger partial charge in [-0.3, -0.25) is 9.59 Å². The van der Waals surface area contributed by atoms with Crippen LogP contribution in [0.25, 0.3) is 0 Å². The summed E-state index contributed by atoms with van der Waals surface area (Å²) in [6.07, 6.45) is -0.0419. The second-order valence-electron chi connectivity index (χ2n) is 7.68. The lowest BCUT2D eigenvalue weighted by molar-refractivity contribution is -0.121. The van der Waals surface area contributed by atoms with Gasteiger partial charge in [-0.05, 0) is 23.3 Å². The number of nitrogens with one attached hydrogen (secondary N) is 2. The molecule has 1 aliphatic carbocycles. The third-order valence-electron chi connectivity index (χ3n) is 4.85. The van der Waals surface area contributed by atoms with Crippen molar-refractivity contribution in [1.82, 2.24) is 10.6 Å². The molecule has 1 aliphatic rings. The molecular weight excluding hydrogens is 368 g/mol. The number of aliphatic hydroxyl groups excluding tert-OH is 1. The Morgan fingerprint density at radius 1 is 1.17 bits per heavy atom. The molecule has 0 spiro atoms. The first kappa shape index (κ1) is 21.0. The summed E-state index contributed by atoms with van der Waals surface area (Å²) in [7, 11) is 0. The molecule has 6 heteroatoms. The minimum absolute atomic E-state index is 0.0678. The summed E-state index contributed by atoms with van der Waals surface area (Å²) < 4.78 is 5.59. The number of Topliss-reactive ketones (excluding diaryl/α,β-unsaturated/α-hetero) is 1. The Kier molecular flexibility index (Phi) is 7.01. The fourth-order valence-corrected chi connectivity index (χ4v) is 3.35. The number of aliphatic hydroxyl groups is 1. The molecule has 2 aromatic carbocycles. The van der Waals surface area contributed by atoms with Gasteiger partial charge in [0.1, 0.15) is 18.5 Å². The van der Waals surface area contributed by atoms with E-state index in [0.717, 1.165) is 11.1 Å². The highest BCUT2D eigenvalue weighted by atomic mass is 16.5. The van der Waals surface area contributed by atoms with Crippen molar-refractivity contribution in [2.45, 2.75) is 44.9 Å². The van der Waals surface area contributed by atoms with Gasteiger partial charge in [0.05, 0.1) is 12.5 Å². The topological polar surface area (TPSA) is 87.7 Å². The number of fused-ring (bicyclic) bond motifs is 1. The first-order valence-electron chi connectivity index (χ1n) is 9.97. The van der Waals surface area contributed by atoms with E-state index in [1.165, 1.54) is 0 Å². The first-order chi connectivity index (χ1) is 13.9. The Labute approximate surface area is 171 Å². The van der Waals surface area contributed by atoms with Gasteiger partial charge in [0, 0.05) is 24.6 Å². The van der Waals surface area contributed by atoms with Crippen LogP contribution in [0.4, 0.5) is 0 Å². The highest BCUT2D eigenvalue weighted by Crippen LogP contribution is 2.30. The SMILES string of the molecule is CC(C)NCC(O)COc1ccc(CC(=O)NC2CC(=O)c3ccccc32)cc1. The average molecular weight is 396 g/mol. The molecule has 3 rings (SSSR count). The number of ketones is 1. The van der Waals surface area contributed by atoms with Crippen LogP contribution in [0, 0.1) is 0 Å². The maximum Gasteiger partial charge on any atom is 0.224 e. The predicted octanol–water partition coefficient (Wildman–Crippen LogP) is 2.41. The molecule has 2 atom stereocenters. The Hall–Kier alpha value is -2.70. The Morgan fingerprint density at radius 2 is 1.90 bits per heavy atom. The second-order valence-corrected chi connectivity index (χ2v) is 7.68. The molecule has 6 nitrogen and oxygen atoms in total. The predicted molar refractivity (Wildman–Crippen MR) is 111 cm³/mol. The zero-order valence-corrected chi connectivity index (χ0v) is 16.9. The Morgan fingerprint density at radius 3 is 2.62 bits per heavy atom. The number of ether oxygens (including phenoxy) is 1. The number of rotatable bonds is 9. The zero-order chi connectivity index (χ0) is 20.8. The Bertz CT molecular complexity index is 848. The molecule has 2 unspecified atom stereocenters. The Balaban J connectivity index is 1.47. The fraction of sp³-hybridized carbons (Fsp3) is 0.391. The molecule has 1 amide bonds. The van der Waals surface area contributed by atoms with Gasteiger partial charge in [-0.15, -0.1) is 0 Å². The molecule has 0 aromatic heterocycles. The van der Waals surface area contributed by atoms with Crippen molar-refractivity contribution in [1.29, 1.82) is 0 Å². The van der Waals surface area contributed by atoms with E-state index in [-0.39, 0.29) is 30.8 Å². The molecule has 2 aromatic rings. The van der Waals surface area contributed by atoms with Gasteiger partial charge >= 0.3 is 0 Å². The standard InChI is InChI=1S/C23H28N2O4/c1-15(2)24-13-17(26)14-29-18-9-7-16(8-10-18)11-23(28)25-21-12-22(27)20-6-4-3-5-19(20)21/h3-10,15,17,21,24,26H,11-14H2,1-2H3,(H,25,28). The molecule has 154 valence electrons. The van der Waals surface area contributed by atoms with Gasteiger partial charge in [-0.25, -0.2) is 0 Å². The quantitative estimate of drug-likeness (QED) is 0.606. The molecule has 0 saturated heterocycles. The van der Waals surface area contributed by atoms with E-state index < -0.39 is 6.10 Å². The smallest absolute Gasteiger partial charge is 0.224 e. The van der Waals surface area contributed by atoms with Crippen molar-refractivity contribution >= 4 is 11.7 Å². The van der Waals surface area contributed by atoms with Gasteiger partial charge < -0.3 is 20.5 Å². The van der Waals surface area contributed by atoms with Gasteiger partial charge in [-0.2, -0.15) is 0 Å². The van der Waals surface area contributed by atoms with Crippen molar-refractivity contribution in [2.75, 3.05) is 13.2 Å². The molecule has 29 heavy (non-hydrogen) atoms. The molecule has 0 aliphatic heterocycles. The van der Waals surface area contributed by atoms with Crippen molar-refractivity contribution in [2.24, 2.45) is 0 Å². The third kappa shape index (κ3) is 5.89. The van der Waals surface area contributed by atoms with Crippen LogP contribution in [-0.2, 0) is 11.2 Å². The van der Waals surface area contributed by atoms with Gasteiger partial charge in [-0.1, -0.05) is 50.2 Å². The lowest BCUT2D eigenvalue weighted by atomic mass is 10.1. The molecule has 0 heterocycles. The maximum atomic E-state index is 12.4. The lowest BCUT2D eigenvalue weighted by Gasteiger charge is -2.15. The van der Waals surface area contributed by atoms with Crippen LogP contribution in [0.2, 0.25) is 0 Å². The number of benzene rings is 2. The van der Waals surface area contributed by atoms with Crippen LogP contribution in [-0.4, -0.2) is 42.1 Å². The van der Waals surface area contributed by atoms with Crippen molar-refractivity contribution in [3.63, 3.8) is 0 Å². The van der Waals surface area contributed by atoms with Crippen molar-refractivity contribution in [3.8, 4) is 5.75 Å². The lowest BCUT2D eigenvalue weighted by Crippen LogP contribution is -2.35. The first-order valence-corrected chi connectivity index (χ1v) is 9.97. The highest BCUT2D eigenvalue weighted by molar-refractivity contribution is 6.01. The van der Waals surface area contributed by atoms with E-state index in [9.17, 15) is 14.7 Å². The van der Waals surface area contributed by atoms with E-state index >= 15 is 0 Å². The molecular formula is C23H28N2O4.